The molecule has 3 nitrogen and oxygen atoms in total. The van der Waals surface area contributed by atoms with Crippen molar-refractivity contribution in [3.63, 3.8) is 0 Å². The molecule has 0 radical (unpaired) electrons. The number of hydrogen-bond acceptors (Lipinski definition) is 2. The van der Waals surface area contributed by atoms with Gasteiger partial charge in [0.25, 0.3) is 0 Å². The van der Waals surface area contributed by atoms with Crippen molar-refractivity contribution in [2.75, 3.05) is 6.61 Å². The molecule has 0 unspecified atom stereocenters. The summed E-state index contributed by atoms with van der Waals surface area (Å²) in [5, 5.41) is 8.70. The van der Waals surface area contributed by atoms with Crippen LogP contribution in [0.15, 0.2) is 53.0 Å². The SMILES string of the molecule is O=C(O)CCc1ccc(OCCCc2ccccc2)c(Br)c1. The zero-order chi connectivity index (χ0) is 15.8. The molecule has 2 aromatic rings. The highest BCUT2D eigenvalue weighted by molar-refractivity contribution is 9.10. The first-order valence-electron chi connectivity index (χ1n) is 7.32. The third-order valence-corrected chi connectivity index (χ3v) is 3.95. The third kappa shape index (κ3) is 5.53. The van der Waals surface area contributed by atoms with E-state index in [1.165, 1.54) is 5.56 Å². The van der Waals surface area contributed by atoms with E-state index in [2.05, 4.69) is 28.1 Å². The maximum atomic E-state index is 10.6. The van der Waals surface area contributed by atoms with Gasteiger partial charge < -0.3 is 9.84 Å². The van der Waals surface area contributed by atoms with E-state index in [0.29, 0.717) is 13.0 Å². The maximum absolute atomic E-state index is 10.6. The van der Waals surface area contributed by atoms with E-state index in [9.17, 15) is 4.79 Å². The number of rotatable bonds is 8. The topological polar surface area (TPSA) is 46.5 Å². The first-order valence-corrected chi connectivity index (χ1v) is 8.11. The molecular formula is C18H19BrO3. The number of carbonyl (C=O) groups is 1. The van der Waals surface area contributed by atoms with Gasteiger partial charge in [-0.3, -0.25) is 4.79 Å². The molecular weight excluding hydrogens is 344 g/mol. The lowest BCUT2D eigenvalue weighted by Gasteiger charge is -2.09. The van der Waals surface area contributed by atoms with Gasteiger partial charge in [0.15, 0.2) is 0 Å². The minimum absolute atomic E-state index is 0.143. The van der Waals surface area contributed by atoms with Crippen LogP contribution in [0.4, 0.5) is 0 Å². The molecule has 1 N–H and O–H groups in total. The Balaban J connectivity index is 1.79. The van der Waals surface area contributed by atoms with Gasteiger partial charge in [0.2, 0.25) is 0 Å². The molecule has 0 amide bonds. The number of carboxylic acids is 1. The predicted molar refractivity (Wildman–Crippen MR) is 90.4 cm³/mol. The van der Waals surface area contributed by atoms with Gasteiger partial charge in [0.05, 0.1) is 11.1 Å². The molecule has 2 rings (SSSR count). The molecule has 22 heavy (non-hydrogen) atoms. The van der Waals surface area contributed by atoms with Gasteiger partial charge in [-0.2, -0.15) is 0 Å². The van der Waals surface area contributed by atoms with Gasteiger partial charge in [0, 0.05) is 6.42 Å². The molecule has 0 saturated heterocycles. The number of aryl methyl sites for hydroxylation is 2. The molecule has 4 heteroatoms. The number of halogens is 1. The number of carboxylic acid groups (broad SMARTS) is 1. The van der Waals surface area contributed by atoms with Gasteiger partial charge in [-0.05, 0) is 58.5 Å². The molecule has 0 aliphatic carbocycles. The monoisotopic (exact) mass is 362 g/mol. The molecule has 116 valence electrons. The second-order valence-corrected chi connectivity index (χ2v) is 5.95. The smallest absolute Gasteiger partial charge is 0.303 e. The lowest BCUT2D eigenvalue weighted by atomic mass is 10.1. The highest BCUT2D eigenvalue weighted by Crippen LogP contribution is 2.26. The van der Waals surface area contributed by atoms with Gasteiger partial charge in [0.1, 0.15) is 5.75 Å². The lowest BCUT2D eigenvalue weighted by Crippen LogP contribution is -2.01. The Labute approximate surface area is 139 Å². The molecule has 2 aromatic carbocycles. The standard InChI is InChI=1S/C18H19BrO3/c19-16-13-15(9-11-18(20)21)8-10-17(16)22-12-4-7-14-5-2-1-3-6-14/h1-3,5-6,8,10,13H,4,7,9,11-12H2,(H,20,21). The predicted octanol–water partition coefficient (Wildman–Crippen LogP) is 4.48. The second-order valence-electron chi connectivity index (χ2n) is 5.10. The van der Waals surface area contributed by atoms with Crippen LogP contribution < -0.4 is 4.74 Å². The first-order chi connectivity index (χ1) is 10.6. The second kappa shape index (κ2) is 8.59. The van der Waals surface area contributed by atoms with Crippen LogP contribution in [-0.4, -0.2) is 17.7 Å². The zero-order valence-corrected chi connectivity index (χ0v) is 13.9. The minimum Gasteiger partial charge on any atom is -0.492 e. The van der Waals surface area contributed by atoms with Crippen molar-refractivity contribution in [3.8, 4) is 5.75 Å². The maximum Gasteiger partial charge on any atom is 0.303 e. The van der Waals surface area contributed by atoms with Crippen LogP contribution >= 0.6 is 15.9 Å². The van der Waals surface area contributed by atoms with E-state index in [1.54, 1.807) is 0 Å². The fourth-order valence-corrected chi connectivity index (χ4v) is 2.71. The molecule has 0 fully saturated rings. The molecule has 0 aromatic heterocycles. The number of aliphatic carboxylic acids is 1. The average Bonchev–Trinajstić information content (AvgIpc) is 2.52. The van der Waals surface area contributed by atoms with E-state index >= 15 is 0 Å². The highest BCUT2D eigenvalue weighted by atomic mass is 79.9. The average molecular weight is 363 g/mol. The summed E-state index contributed by atoms with van der Waals surface area (Å²) in [5.41, 5.74) is 2.31. The van der Waals surface area contributed by atoms with E-state index < -0.39 is 5.97 Å². The molecule has 0 heterocycles. The van der Waals surface area contributed by atoms with E-state index in [1.807, 2.05) is 36.4 Å². The Morgan fingerprint density at radius 3 is 2.50 bits per heavy atom. The lowest BCUT2D eigenvalue weighted by molar-refractivity contribution is -0.136. The van der Waals surface area contributed by atoms with Crippen molar-refractivity contribution < 1.29 is 14.6 Å². The summed E-state index contributed by atoms with van der Waals surface area (Å²) in [6.07, 6.45) is 2.62. The largest absolute Gasteiger partial charge is 0.492 e. The summed E-state index contributed by atoms with van der Waals surface area (Å²) >= 11 is 3.48. The van der Waals surface area contributed by atoms with E-state index in [-0.39, 0.29) is 6.42 Å². The van der Waals surface area contributed by atoms with Crippen molar-refractivity contribution in [2.45, 2.75) is 25.7 Å². The number of hydrogen-bond donors (Lipinski definition) is 1. The van der Waals surface area contributed by atoms with Gasteiger partial charge >= 0.3 is 5.97 Å². The van der Waals surface area contributed by atoms with Crippen molar-refractivity contribution in [3.05, 3.63) is 64.1 Å². The summed E-state index contributed by atoms with van der Waals surface area (Å²) in [6, 6.07) is 16.1. The van der Waals surface area contributed by atoms with Crippen molar-refractivity contribution >= 4 is 21.9 Å². The summed E-state index contributed by atoms with van der Waals surface area (Å²) in [5.74, 6) is 0.0181. The highest BCUT2D eigenvalue weighted by Gasteiger charge is 2.05. The molecule has 0 aliphatic heterocycles. The number of ether oxygens (including phenoxy) is 1. The zero-order valence-electron chi connectivity index (χ0n) is 12.3. The summed E-state index contributed by atoms with van der Waals surface area (Å²) in [4.78, 5) is 10.6. The summed E-state index contributed by atoms with van der Waals surface area (Å²) < 4.78 is 6.65. The van der Waals surface area contributed by atoms with Crippen LogP contribution in [0.2, 0.25) is 0 Å². The first kappa shape index (κ1) is 16.6. The fraction of sp³-hybridized carbons (Fsp3) is 0.278. The van der Waals surface area contributed by atoms with Gasteiger partial charge in [-0.25, -0.2) is 0 Å². The Hall–Kier alpha value is -1.81. The number of benzene rings is 2. The normalized spacial score (nSPS) is 10.4. The Bertz CT molecular complexity index is 611. The Morgan fingerprint density at radius 1 is 1.05 bits per heavy atom. The van der Waals surface area contributed by atoms with Crippen molar-refractivity contribution in [2.24, 2.45) is 0 Å². The molecule has 0 spiro atoms. The Morgan fingerprint density at radius 2 is 1.82 bits per heavy atom. The quantitative estimate of drug-likeness (QED) is 0.704. The van der Waals surface area contributed by atoms with Crippen molar-refractivity contribution in [1.29, 1.82) is 0 Å². The van der Waals surface area contributed by atoms with Crippen LogP contribution in [-0.2, 0) is 17.6 Å². The van der Waals surface area contributed by atoms with Crippen molar-refractivity contribution in [1.82, 2.24) is 0 Å². The summed E-state index contributed by atoms with van der Waals surface area (Å²) in [7, 11) is 0. The van der Waals surface area contributed by atoms with Gasteiger partial charge in [-0.15, -0.1) is 0 Å². The van der Waals surface area contributed by atoms with Crippen LogP contribution in [0.1, 0.15) is 24.0 Å². The molecule has 0 atom stereocenters. The molecule has 0 aliphatic rings. The van der Waals surface area contributed by atoms with E-state index in [0.717, 1.165) is 28.6 Å². The van der Waals surface area contributed by atoms with Crippen LogP contribution in [0, 0.1) is 0 Å². The minimum atomic E-state index is -0.780. The van der Waals surface area contributed by atoms with Gasteiger partial charge in [-0.1, -0.05) is 36.4 Å². The molecule has 0 bridgehead atoms. The molecule has 0 saturated carbocycles. The van der Waals surface area contributed by atoms with Crippen LogP contribution in [0.5, 0.6) is 5.75 Å². The van der Waals surface area contributed by atoms with Crippen LogP contribution in [0.3, 0.4) is 0 Å². The Kier molecular flexibility index (Phi) is 6.46. The third-order valence-electron chi connectivity index (χ3n) is 3.33. The fourth-order valence-electron chi connectivity index (χ4n) is 2.17. The van der Waals surface area contributed by atoms with E-state index in [4.69, 9.17) is 9.84 Å². The van der Waals surface area contributed by atoms with Crippen LogP contribution in [0.25, 0.3) is 0 Å². The summed E-state index contributed by atoms with van der Waals surface area (Å²) in [6.45, 7) is 0.655.